The maximum absolute atomic E-state index is 5.38. The lowest BCUT2D eigenvalue weighted by Gasteiger charge is -2.20. The van der Waals surface area contributed by atoms with Crippen molar-refractivity contribution in [2.45, 2.75) is 62.3 Å². The molecule has 64 heavy (non-hydrogen) atoms. The number of rotatable bonds is 7. The zero-order valence-corrected chi connectivity index (χ0v) is 37.8. The lowest BCUT2D eigenvalue weighted by atomic mass is 9.90. The fraction of sp³-hybridized carbons (Fsp3) is 0.158. The van der Waals surface area contributed by atoms with E-state index in [0.717, 1.165) is 44.6 Å². The van der Waals surface area contributed by atoms with E-state index >= 15 is 0 Å². The van der Waals surface area contributed by atoms with E-state index in [9.17, 15) is 0 Å². The highest BCUT2D eigenvalue weighted by Gasteiger charge is 2.28. The van der Waals surface area contributed by atoms with E-state index in [1.54, 1.807) is 0 Å². The van der Waals surface area contributed by atoms with Crippen molar-refractivity contribution in [2.75, 3.05) is 0 Å². The Kier molecular flexibility index (Phi) is 10.1. The summed E-state index contributed by atoms with van der Waals surface area (Å²) in [6.07, 6.45) is 0. The first-order valence-corrected chi connectivity index (χ1v) is 21.9. The fourth-order valence-corrected chi connectivity index (χ4v) is 9.26. The van der Waals surface area contributed by atoms with Gasteiger partial charge in [-0.15, -0.1) is 0 Å². The van der Waals surface area contributed by atoms with Gasteiger partial charge in [-0.25, -0.2) is 29.9 Å². The third-order valence-electron chi connectivity index (χ3n) is 13.5. The van der Waals surface area contributed by atoms with Crippen LogP contribution in [0.25, 0.3) is 95.8 Å². The molecule has 0 saturated heterocycles. The molecule has 0 aliphatic carbocycles. The van der Waals surface area contributed by atoms with Gasteiger partial charge in [-0.2, -0.15) is 0 Å². The highest BCUT2D eigenvalue weighted by atomic mass is 15.1. The van der Waals surface area contributed by atoms with Crippen LogP contribution in [0.1, 0.15) is 50.1 Å². The minimum absolute atomic E-state index is 0.552. The van der Waals surface area contributed by atoms with Crippen LogP contribution in [0, 0.1) is 62.3 Å². The maximum atomic E-state index is 5.38. The third-order valence-corrected chi connectivity index (χ3v) is 13.5. The molecule has 0 bridgehead atoms. The molecule has 0 amide bonds. The highest BCUT2D eigenvalue weighted by molar-refractivity contribution is 6.16. The zero-order valence-electron chi connectivity index (χ0n) is 37.8. The molecule has 0 saturated carbocycles. The molecular formula is C57H49N7. The first-order valence-electron chi connectivity index (χ1n) is 21.9. The van der Waals surface area contributed by atoms with Gasteiger partial charge in [-0.1, -0.05) is 121 Å². The topological polar surface area (TPSA) is 82.3 Å². The van der Waals surface area contributed by atoms with Gasteiger partial charge in [0.2, 0.25) is 0 Å². The molecule has 7 nitrogen and oxygen atoms in total. The van der Waals surface area contributed by atoms with Gasteiger partial charge in [-0.3, -0.25) is 0 Å². The van der Waals surface area contributed by atoms with Crippen molar-refractivity contribution in [2.24, 2.45) is 0 Å². The van der Waals surface area contributed by atoms with Crippen LogP contribution in [0.5, 0.6) is 0 Å². The van der Waals surface area contributed by atoms with Gasteiger partial charge in [0, 0.05) is 44.2 Å². The maximum Gasteiger partial charge on any atom is 0.166 e. The van der Waals surface area contributed by atoms with Crippen LogP contribution in [0.4, 0.5) is 0 Å². The molecule has 0 spiro atoms. The molecule has 0 fully saturated rings. The average molecular weight is 832 g/mol. The summed E-state index contributed by atoms with van der Waals surface area (Å²) >= 11 is 0. The molecule has 0 radical (unpaired) electrons. The summed E-state index contributed by atoms with van der Waals surface area (Å²) in [6.45, 7) is 20.3. The fourth-order valence-electron chi connectivity index (χ4n) is 9.26. The first-order chi connectivity index (χ1) is 31.0. The second-order valence-electron chi connectivity index (χ2n) is 17.0. The summed E-state index contributed by atoms with van der Waals surface area (Å²) < 4.78 is 2.51. The van der Waals surface area contributed by atoms with Crippen LogP contribution < -0.4 is 0 Å². The highest BCUT2D eigenvalue weighted by Crippen LogP contribution is 2.46. The Morgan fingerprint density at radius 1 is 0.297 bits per heavy atom. The van der Waals surface area contributed by atoms with Crippen molar-refractivity contribution in [3.8, 4) is 74.0 Å². The Morgan fingerprint density at radius 2 is 0.594 bits per heavy atom. The van der Waals surface area contributed by atoms with E-state index in [2.05, 4.69) is 103 Å². The molecule has 7 heteroatoms. The number of benzene rings is 7. The van der Waals surface area contributed by atoms with Crippen LogP contribution >= 0.6 is 0 Å². The van der Waals surface area contributed by atoms with Crippen molar-refractivity contribution in [1.82, 2.24) is 34.5 Å². The second kappa shape index (κ2) is 15.9. The minimum Gasteiger partial charge on any atom is -0.308 e. The van der Waals surface area contributed by atoms with Crippen molar-refractivity contribution in [3.63, 3.8) is 0 Å². The summed E-state index contributed by atoms with van der Waals surface area (Å²) in [7, 11) is 0. The molecule has 3 heterocycles. The zero-order chi connectivity index (χ0) is 44.4. The van der Waals surface area contributed by atoms with E-state index < -0.39 is 0 Å². The molecular weight excluding hydrogens is 783 g/mol. The largest absolute Gasteiger partial charge is 0.308 e. The van der Waals surface area contributed by atoms with Gasteiger partial charge in [0.1, 0.15) is 0 Å². The number of nitrogens with zero attached hydrogens (tertiary/aromatic N) is 7. The quantitative estimate of drug-likeness (QED) is 0.159. The van der Waals surface area contributed by atoms with Gasteiger partial charge in [0.15, 0.2) is 34.9 Å². The number of fused-ring (bicyclic) bond motifs is 3. The van der Waals surface area contributed by atoms with Crippen molar-refractivity contribution < 1.29 is 0 Å². The molecule has 10 aromatic rings. The van der Waals surface area contributed by atoms with Crippen LogP contribution in [-0.4, -0.2) is 34.5 Å². The van der Waals surface area contributed by atoms with E-state index in [-0.39, 0.29) is 0 Å². The number of aryl methyl sites for hydroxylation is 5. The first kappa shape index (κ1) is 40.4. The van der Waals surface area contributed by atoms with Gasteiger partial charge >= 0.3 is 0 Å². The molecule has 3 aromatic heterocycles. The third kappa shape index (κ3) is 6.67. The Balaban J connectivity index is 1.37. The van der Waals surface area contributed by atoms with Gasteiger partial charge < -0.3 is 4.57 Å². The molecule has 0 aliphatic heterocycles. The predicted molar refractivity (Wildman–Crippen MR) is 263 cm³/mol. The summed E-state index contributed by atoms with van der Waals surface area (Å²) in [5.41, 5.74) is 20.0. The monoisotopic (exact) mass is 831 g/mol. The molecule has 10 rings (SSSR count). The van der Waals surface area contributed by atoms with Crippen LogP contribution in [0.3, 0.4) is 0 Å². The van der Waals surface area contributed by atoms with Crippen molar-refractivity contribution in [1.29, 1.82) is 0 Å². The molecule has 7 aromatic carbocycles. The summed E-state index contributed by atoms with van der Waals surface area (Å²) in [4.78, 5) is 31.4. The molecule has 0 atom stereocenters. The van der Waals surface area contributed by atoms with Gasteiger partial charge in [0.05, 0.1) is 16.7 Å². The second-order valence-corrected chi connectivity index (χ2v) is 17.0. The SMILES string of the molecule is Cc1cc(-n2c3c(C)c(C)c(C)c(C)c3c3c(C)c(C)c(C)c(C)c32)c(-c2nc(-c3ccccc3)nc(-c3ccccc3)n2)cc1-c1nc(-c2ccccc2)nc(-c2ccccc2)n1. The molecule has 0 N–H and O–H groups in total. The smallest absolute Gasteiger partial charge is 0.166 e. The van der Waals surface area contributed by atoms with Gasteiger partial charge in [0.25, 0.3) is 0 Å². The molecule has 312 valence electrons. The Hall–Kier alpha value is -7.64. The van der Waals surface area contributed by atoms with Gasteiger partial charge in [-0.05, 0) is 125 Å². The van der Waals surface area contributed by atoms with E-state index in [0.29, 0.717) is 34.9 Å². The lowest BCUT2D eigenvalue weighted by Crippen LogP contribution is -2.07. The van der Waals surface area contributed by atoms with Crippen molar-refractivity contribution in [3.05, 3.63) is 184 Å². The molecule has 0 aliphatic rings. The van der Waals surface area contributed by atoms with E-state index in [1.807, 2.05) is 97.1 Å². The van der Waals surface area contributed by atoms with E-state index in [4.69, 9.17) is 29.9 Å². The Labute approximate surface area is 374 Å². The number of hydrogen-bond donors (Lipinski definition) is 0. The van der Waals surface area contributed by atoms with E-state index in [1.165, 1.54) is 66.3 Å². The normalized spacial score (nSPS) is 11.5. The number of hydrogen-bond acceptors (Lipinski definition) is 6. The van der Waals surface area contributed by atoms with Crippen LogP contribution in [-0.2, 0) is 0 Å². The summed E-state index contributed by atoms with van der Waals surface area (Å²) in [5, 5.41) is 2.57. The summed E-state index contributed by atoms with van der Waals surface area (Å²) in [6, 6.07) is 45.1. The van der Waals surface area contributed by atoms with Crippen LogP contribution in [0.2, 0.25) is 0 Å². The Bertz CT molecular complexity index is 3250. The average Bonchev–Trinajstić information content (AvgIpc) is 3.71. The molecule has 0 unspecified atom stereocenters. The van der Waals surface area contributed by atoms with Crippen molar-refractivity contribution >= 4 is 21.8 Å². The minimum atomic E-state index is 0.552. The standard InChI is InChI=1S/C57H49N7/c1-32-30-47(64-50-39(8)35(4)33(2)37(6)48(50)49-38(7)34(3)36(5)40(9)51(49)64)46(57-62-54(43-26-18-12-19-27-43)59-55(63-57)44-28-20-13-21-29-44)31-45(32)56-60-52(41-22-14-10-15-23-41)58-53(61-56)42-24-16-11-17-25-42/h10-31H,1-9H3. The van der Waals surface area contributed by atoms with Crippen LogP contribution in [0.15, 0.2) is 133 Å². The number of aromatic nitrogens is 7. The summed E-state index contributed by atoms with van der Waals surface area (Å²) in [5.74, 6) is 3.51. The lowest BCUT2D eigenvalue weighted by molar-refractivity contribution is 1.05. The predicted octanol–water partition coefficient (Wildman–Crippen LogP) is 13.9. The Morgan fingerprint density at radius 3 is 0.938 bits per heavy atom.